The number of aromatic nitrogens is 2. The van der Waals surface area contributed by atoms with Crippen LogP contribution in [0.2, 0.25) is 0 Å². The van der Waals surface area contributed by atoms with E-state index in [0.29, 0.717) is 6.54 Å². The van der Waals surface area contributed by atoms with Gasteiger partial charge in [0.15, 0.2) is 0 Å². The van der Waals surface area contributed by atoms with Gasteiger partial charge in [0.2, 0.25) is 0 Å². The molecular formula is C10H16F3N3. The summed E-state index contributed by atoms with van der Waals surface area (Å²) in [6.45, 7) is 5.53. The molecule has 0 amide bonds. The van der Waals surface area contributed by atoms with Gasteiger partial charge < -0.3 is 5.32 Å². The molecule has 0 saturated heterocycles. The summed E-state index contributed by atoms with van der Waals surface area (Å²) in [5.74, 6) is 0. The van der Waals surface area contributed by atoms with E-state index >= 15 is 0 Å². The Bertz CT molecular complexity index is 355. The van der Waals surface area contributed by atoms with Crippen LogP contribution in [0.25, 0.3) is 0 Å². The first-order valence-corrected chi connectivity index (χ1v) is 5.09. The fourth-order valence-electron chi connectivity index (χ4n) is 1.42. The first kappa shape index (κ1) is 13.0. The third-order valence-corrected chi connectivity index (χ3v) is 2.57. The molecule has 0 spiro atoms. The second-order valence-corrected chi connectivity index (χ2v) is 3.81. The van der Waals surface area contributed by atoms with E-state index in [2.05, 4.69) is 10.4 Å². The van der Waals surface area contributed by atoms with Gasteiger partial charge in [-0.15, -0.1) is 0 Å². The second-order valence-electron chi connectivity index (χ2n) is 3.81. The zero-order chi connectivity index (χ0) is 12.3. The van der Waals surface area contributed by atoms with Gasteiger partial charge in [-0.05, 0) is 26.3 Å². The maximum atomic E-state index is 11.8. The molecule has 1 aromatic rings. The average Bonchev–Trinajstić information content (AvgIpc) is 2.40. The summed E-state index contributed by atoms with van der Waals surface area (Å²) in [4.78, 5) is 0. The lowest BCUT2D eigenvalue weighted by molar-refractivity contribution is -0.124. The number of rotatable bonds is 4. The number of nitrogens with one attached hydrogen (secondary N) is 1. The van der Waals surface area contributed by atoms with E-state index in [0.717, 1.165) is 17.0 Å². The number of nitrogens with zero attached hydrogens (tertiary/aromatic N) is 2. The monoisotopic (exact) mass is 235 g/mol. The Hall–Kier alpha value is -1.04. The molecule has 0 saturated carbocycles. The Morgan fingerprint density at radius 3 is 2.31 bits per heavy atom. The van der Waals surface area contributed by atoms with Gasteiger partial charge in [0.05, 0.1) is 18.8 Å². The van der Waals surface area contributed by atoms with Crippen molar-refractivity contribution in [3.63, 3.8) is 0 Å². The molecule has 1 N–H and O–H groups in total. The highest BCUT2D eigenvalue weighted by Gasteiger charge is 2.25. The minimum absolute atomic E-state index is 0.265. The van der Waals surface area contributed by atoms with Crippen LogP contribution in [-0.2, 0) is 6.54 Å². The van der Waals surface area contributed by atoms with Crippen LogP contribution in [0.1, 0.15) is 17.0 Å². The summed E-state index contributed by atoms with van der Waals surface area (Å²) < 4.78 is 37.3. The summed E-state index contributed by atoms with van der Waals surface area (Å²) >= 11 is 0. The molecule has 16 heavy (non-hydrogen) atoms. The Balaban J connectivity index is 2.41. The normalized spacial score (nSPS) is 12.1. The topological polar surface area (TPSA) is 29.9 Å². The smallest absolute Gasteiger partial charge is 0.307 e. The van der Waals surface area contributed by atoms with E-state index < -0.39 is 12.7 Å². The van der Waals surface area contributed by atoms with Gasteiger partial charge in [-0.3, -0.25) is 4.68 Å². The molecule has 1 heterocycles. The van der Waals surface area contributed by atoms with Crippen LogP contribution in [0.4, 0.5) is 13.2 Å². The highest BCUT2D eigenvalue weighted by atomic mass is 19.4. The molecule has 6 heteroatoms. The highest BCUT2D eigenvalue weighted by Crippen LogP contribution is 2.12. The van der Waals surface area contributed by atoms with Crippen LogP contribution in [0.15, 0.2) is 0 Å². The van der Waals surface area contributed by atoms with E-state index in [-0.39, 0.29) is 6.54 Å². The molecule has 92 valence electrons. The molecule has 0 bridgehead atoms. The largest absolute Gasteiger partial charge is 0.401 e. The maximum Gasteiger partial charge on any atom is 0.401 e. The highest BCUT2D eigenvalue weighted by molar-refractivity contribution is 5.22. The summed E-state index contributed by atoms with van der Waals surface area (Å²) in [5.41, 5.74) is 3.02. The number of alkyl halides is 3. The first-order chi connectivity index (χ1) is 7.31. The van der Waals surface area contributed by atoms with Crippen molar-refractivity contribution in [2.24, 2.45) is 0 Å². The lowest BCUT2D eigenvalue weighted by Gasteiger charge is -2.09. The minimum atomic E-state index is -4.15. The molecule has 0 unspecified atom stereocenters. The molecule has 0 aliphatic heterocycles. The van der Waals surface area contributed by atoms with Crippen LogP contribution in [0.3, 0.4) is 0 Å². The summed E-state index contributed by atoms with van der Waals surface area (Å²) in [7, 11) is 0. The Morgan fingerprint density at radius 2 is 1.88 bits per heavy atom. The SMILES string of the molecule is Cc1nn(CCNCC(F)(F)F)c(C)c1C. The van der Waals surface area contributed by atoms with Crippen molar-refractivity contribution < 1.29 is 13.2 Å². The van der Waals surface area contributed by atoms with Crippen LogP contribution in [-0.4, -0.2) is 29.0 Å². The lowest BCUT2D eigenvalue weighted by atomic mass is 10.2. The average molecular weight is 235 g/mol. The van der Waals surface area contributed by atoms with E-state index in [9.17, 15) is 13.2 Å². The third-order valence-electron chi connectivity index (χ3n) is 2.57. The molecule has 0 fully saturated rings. The van der Waals surface area contributed by atoms with E-state index in [1.165, 1.54) is 0 Å². The molecule has 1 rings (SSSR count). The van der Waals surface area contributed by atoms with Gasteiger partial charge >= 0.3 is 6.18 Å². The molecule has 0 aromatic carbocycles. The van der Waals surface area contributed by atoms with Crippen molar-refractivity contribution in [1.82, 2.24) is 15.1 Å². The van der Waals surface area contributed by atoms with Gasteiger partial charge in [0, 0.05) is 12.2 Å². The molecule has 3 nitrogen and oxygen atoms in total. The quantitative estimate of drug-likeness (QED) is 0.808. The number of hydrogen-bond donors (Lipinski definition) is 1. The predicted octanol–water partition coefficient (Wildman–Crippen LogP) is 1.96. The summed E-state index contributed by atoms with van der Waals surface area (Å²) in [5, 5.41) is 6.58. The first-order valence-electron chi connectivity index (χ1n) is 5.09. The van der Waals surface area contributed by atoms with E-state index in [1.54, 1.807) is 4.68 Å². The molecule has 1 aromatic heterocycles. The molecule has 0 atom stereocenters. The second kappa shape index (κ2) is 4.86. The van der Waals surface area contributed by atoms with Crippen LogP contribution in [0, 0.1) is 20.8 Å². The Labute approximate surface area is 92.6 Å². The van der Waals surface area contributed by atoms with Crippen LogP contribution >= 0.6 is 0 Å². The standard InChI is InChI=1S/C10H16F3N3/c1-7-8(2)15-16(9(7)3)5-4-14-6-10(11,12)13/h14H,4-6H2,1-3H3. The van der Waals surface area contributed by atoms with Crippen molar-refractivity contribution in [3.05, 3.63) is 17.0 Å². The number of halogens is 3. The van der Waals surface area contributed by atoms with Gasteiger partial charge in [-0.25, -0.2) is 0 Å². The summed E-state index contributed by atoms with van der Waals surface area (Å²) in [6.07, 6.45) is -4.15. The van der Waals surface area contributed by atoms with Crippen molar-refractivity contribution in [2.75, 3.05) is 13.1 Å². The lowest BCUT2D eigenvalue weighted by Crippen LogP contribution is -2.31. The zero-order valence-corrected chi connectivity index (χ0v) is 9.65. The van der Waals surface area contributed by atoms with Crippen LogP contribution in [0.5, 0.6) is 0 Å². The van der Waals surface area contributed by atoms with Gasteiger partial charge in [-0.2, -0.15) is 18.3 Å². The van der Waals surface area contributed by atoms with Crippen molar-refractivity contribution >= 4 is 0 Å². The minimum Gasteiger partial charge on any atom is -0.307 e. The van der Waals surface area contributed by atoms with E-state index in [4.69, 9.17) is 0 Å². The molecule has 0 aliphatic carbocycles. The Morgan fingerprint density at radius 1 is 1.25 bits per heavy atom. The number of hydrogen-bond acceptors (Lipinski definition) is 2. The number of aryl methyl sites for hydroxylation is 1. The zero-order valence-electron chi connectivity index (χ0n) is 9.65. The molecule has 0 aliphatic rings. The predicted molar refractivity (Wildman–Crippen MR) is 55.4 cm³/mol. The van der Waals surface area contributed by atoms with Gasteiger partial charge in [0.25, 0.3) is 0 Å². The summed E-state index contributed by atoms with van der Waals surface area (Å²) in [6, 6.07) is 0. The fraction of sp³-hybridized carbons (Fsp3) is 0.700. The third kappa shape index (κ3) is 3.52. The van der Waals surface area contributed by atoms with Crippen LogP contribution < -0.4 is 5.32 Å². The van der Waals surface area contributed by atoms with Crippen molar-refractivity contribution in [3.8, 4) is 0 Å². The van der Waals surface area contributed by atoms with E-state index in [1.807, 2.05) is 20.8 Å². The molecular weight excluding hydrogens is 219 g/mol. The molecule has 0 radical (unpaired) electrons. The van der Waals surface area contributed by atoms with Crippen molar-refractivity contribution in [1.29, 1.82) is 0 Å². The maximum absolute atomic E-state index is 11.8. The van der Waals surface area contributed by atoms with Gasteiger partial charge in [0.1, 0.15) is 0 Å². The Kier molecular flexibility index (Phi) is 3.96. The van der Waals surface area contributed by atoms with Crippen molar-refractivity contribution in [2.45, 2.75) is 33.5 Å². The fourth-order valence-corrected chi connectivity index (χ4v) is 1.42. The van der Waals surface area contributed by atoms with Gasteiger partial charge in [-0.1, -0.05) is 0 Å².